The van der Waals surface area contributed by atoms with Gasteiger partial charge in [0.2, 0.25) is 5.75 Å². The predicted molar refractivity (Wildman–Crippen MR) is 136 cm³/mol. The van der Waals surface area contributed by atoms with Gasteiger partial charge < -0.3 is 19.5 Å². The van der Waals surface area contributed by atoms with Crippen LogP contribution in [0.5, 0.6) is 17.2 Å². The first-order valence-corrected chi connectivity index (χ1v) is 11.6. The highest BCUT2D eigenvalue weighted by Crippen LogP contribution is 2.39. The van der Waals surface area contributed by atoms with Crippen molar-refractivity contribution in [2.75, 3.05) is 26.6 Å². The third kappa shape index (κ3) is 4.64. The summed E-state index contributed by atoms with van der Waals surface area (Å²) in [6.45, 7) is 3.98. The fourth-order valence-corrected chi connectivity index (χ4v) is 4.49. The second kappa shape index (κ2) is 9.87. The zero-order valence-electron chi connectivity index (χ0n) is 20.1. The number of hydrazine groups is 1. The van der Waals surface area contributed by atoms with Crippen LogP contribution in [0.3, 0.4) is 0 Å². The Morgan fingerprint density at radius 2 is 1.66 bits per heavy atom. The van der Waals surface area contributed by atoms with Crippen LogP contribution in [0.1, 0.15) is 43.6 Å². The van der Waals surface area contributed by atoms with E-state index in [1.54, 1.807) is 6.07 Å². The van der Waals surface area contributed by atoms with Crippen molar-refractivity contribution in [2.24, 2.45) is 0 Å². The van der Waals surface area contributed by atoms with Gasteiger partial charge in [-0.15, -0.1) is 0 Å². The second-order valence-electron chi connectivity index (χ2n) is 8.13. The molecule has 0 unspecified atom stereocenters. The number of aryl methyl sites for hydroxylation is 2. The third-order valence-corrected chi connectivity index (χ3v) is 6.34. The molecule has 3 aromatic rings. The standard InChI is InChI=1S/C26H26BrN3O5/c1-14-6-8-18(15(2)10-14)24-28-20-9-7-17(27)13-19(20)26(32)30(24)29-25(31)16-11-21(33-3)23(35-5)22(12-16)34-4/h6-13,24,28H,1-5H3,(H,29,31)/t24-/m1/s1. The van der Waals surface area contributed by atoms with Crippen molar-refractivity contribution in [3.05, 3.63) is 80.8 Å². The molecule has 0 saturated heterocycles. The number of benzene rings is 3. The molecule has 35 heavy (non-hydrogen) atoms. The average Bonchev–Trinajstić information content (AvgIpc) is 2.85. The number of hydrogen-bond acceptors (Lipinski definition) is 6. The molecule has 182 valence electrons. The number of fused-ring (bicyclic) bond motifs is 1. The van der Waals surface area contributed by atoms with Crippen LogP contribution in [0.4, 0.5) is 5.69 Å². The van der Waals surface area contributed by atoms with Crippen molar-refractivity contribution in [1.29, 1.82) is 0 Å². The van der Waals surface area contributed by atoms with Gasteiger partial charge in [-0.2, -0.15) is 0 Å². The molecule has 0 bridgehead atoms. The van der Waals surface area contributed by atoms with E-state index < -0.39 is 12.1 Å². The Hall–Kier alpha value is -3.72. The number of ether oxygens (including phenoxy) is 3. The molecule has 9 heteroatoms. The molecule has 0 fully saturated rings. The zero-order valence-corrected chi connectivity index (χ0v) is 21.6. The summed E-state index contributed by atoms with van der Waals surface area (Å²) in [4.78, 5) is 27.0. The van der Waals surface area contributed by atoms with Gasteiger partial charge in [-0.25, -0.2) is 5.01 Å². The number of nitrogens with one attached hydrogen (secondary N) is 2. The van der Waals surface area contributed by atoms with E-state index in [2.05, 4.69) is 26.7 Å². The Morgan fingerprint density at radius 3 is 2.26 bits per heavy atom. The summed E-state index contributed by atoms with van der Waals surface area (Å²) in [6.07, 6.45) is -0.622. The maximum atomic E-state index is 13.6. The van der Waals surface area contributed by atoms with E-state index in [0.29, 0.717) is 28.5 Å². The SMILES string of the molecule is COc1cc(C(=O)NN2C(=O)c3cc(Br)ccc3N[C@H]2c2ccc(C)cc2C)cc(OC)c1OC. The number of carbonyl (C=O) groups is 2. The molecule has 3 aromatic carbocycles. The fourth-order valence-electron chi connectivity index (χ4n) is 4.13. The minimum Gasteiger partial charge on any atom is -0.493 e. The molecular formula is C26H26BrN3O5. The zero-order chi connectivity index (χ0) is 25.3. The Bertz CT molecular complexity index is 1290. The Balaban J connectivity index is 1.76. The highest BCUT2D eigenvalue weighted by atomic mass is 79.9. The molecule has 0 aliphatic carbocycles. The first-order valence-electron chi connectivity index (χ1n) is 10.8. The smallest absolute Gasteiger partial charge is 0.276 e. The fraction of sp³-hybridized carbons (Fsp3) is 0.231. The number of amides is 2. The number of carbonyl (C=O) groups excluding carboxylic acids is 2. The topological polar surface area (TPSA) is 89.1 Å². The molecule has 1 heterocycles. The molecule has 0 saturated carbocycles. The van der Waals surface area contributed by atoms with Crippen LogP contribution in [0.2, 0.25) is 0 Å². The molecule has 1 aliphatic heterocycles. The number of anilines is 1. The lowest BCUT2D eigenvalue weighted by atomic mass is 10.00. The van der Waals surface area contributed by atoms with E-state index in [-0.39, 0.29) is 11.5 Å². The van der Waals surface area contributed by atoms with Crippen LogP contribution in [-0.2, 0) is 0 Å². The van der Waals surface area contributed by atoms with Gasteiger partial charge in [-0.1, -0.05) is 39.7 Å². The van der Waals surface area contributed by atoms with Crippen LogP contribution < -0.4 is 25.0 Å². The molecule has 4 rings (SSSR count). The third-order valence-electron chi connectivity index (χ3n) is 5.85. The Labute approximate surface area is 212 Å². The van der Waals surface area contributed by atoms with Crippen molar-refractivity contribution in [3.63, 3.8) is 0 Å². The van der Waals surface area contributed by atoms with Gasteiger partial charge in [-0.3, -0.25) is 15.0 Å². The van der Waals surface area contributed by atoms with Gasteiger partial charge in [0.05, 0.1) is 26.9 Å². The van der Waals surface area contributed by atoms with E-state index in [1.807, 2.05) is 44.2 Å². The Morgan fingerprint density at radius 1 is 0.971 bits per heavy atom. The van der Waals surface area contributed by atoms with Crippen molar-refractivity contribution in [1.82, 2.24) is 10.4 Å². The van der Waals surface area contributed by atoms with Crippen LogP contribution >= 0.6 is 15.9 Å². The van der Waals surface area contributed by atoms with E-state index >= 15 is 0 Å². The van der Waals surface area contributed by atoms with Gasteiger partial charge in [0, 0.05) is 15.7 Å². The monoisotopic (exact) mass is 539 g/mol. The number of nitrogens with zero attached hydrogens (tertiary/aromatic N) is 1. The lowest BCUT2D eigenvalue weighted by molar-refractivity contribution is 0.0490. The quantitative estimate of drug-likeness (QED) is 0.458. The summed E-state index contributed by atoms with van der Waals surface area (Å²) >= 11 is 3.42. The van der Waals surface area contributed by atoms with E-state index in [0.717, 1.165) is 21.2 Å². The van der Waals surface area contributed by atoms with Crippen molar-refractivity contribution in [2.45, 2.75) is 20.0 Å². The molecule has 1 aliphatic rings. The molecule has 0 radical (unpaired) electrons. The van der Waals surface area contributed by atoms with Gasteiger partial charge >= 0.3 is 0 Å². The lowest BCUT2D eigenvalue weighted by Crippen LogP contribution is -2.53. The highest BCUT2D eigenvalue weighted by Gasteiger charge is 2.35. The summed E-state index contributed by atoms with van der Waals surface area (Å²) in [5, 5.41) is 4.72. The number of rotatable bonds is 6. The first-order chi connectivity index (χ1) is 16.8. The van der Waals surface area contributed by atoms with Gasteiger partial charge in [0.15, 0.2) is 11.5 Å². The van der Waals surface area contributed by atoms with E-state index in [1.165, 1.54) is 38.5 Å². The molecule has 0 spiro atoms. The lowest BCUT2D eigenvalue weighted by Gasteiger charge is -2.38. The van der Waals surface area contributed by atoms with Crippen molar-refractivity contribution < 1.29 is 23.8 Å². The molecule has 8 nitrogen and oxygen atoms in total. The minimum atomic E-state index is -0.622. The van der Waals surface area contributed by atoms with Gasteiger partial charge in [0.25, 0.3) is 11.8 Å². The summed E-state index contributed by atoms with van der Waals surface area (Å²) in [6, 6.07) is 14.5. The normalized spacial score (nSPS) is 14.6. The average molecular weight is 540 g/mol. The van der Waals surface area contributed by atoms with E-state index in [4.69, 9.17) is 14.2 Å². The Kier molecular flexibility index (Phi) is 6.88. The molecule has 0 aromatic heterocycles. The van der Waals surface area contributed by atoms with Crippen molar-refractivity contribution in [3.8, 4) is 17.2 Å². The summed E-state index contributed by atoms with van der Waals surface area (Å²) in [5.74, 6) is 0.188. The maximum Gasteiger partial charge on any atom is 0.276 e. The van der Waals surface area contributed by atoms with Crippen molar-refractivity contribution >= 4 is 33.4 Å². The second-order valence-corrected chi connectivity index (χ2v) is 9.04. The molecule has 1 atom stereocenters. The van der Waals surface area contributed by atoms with Gasteiger partial charge in [0.1, 0.15) is 6.17 Å². The van der Waals surface area contributed by atoms with Crippen LogP contribution in [0.25, 0.3) is 0 Å². The first kappa shape index (κ1) is 24.4. The summed E-state index contributed by atoms with van der Waals surface area (Å²) < 4.78 is 16.9. The number of hydrogen-bond donors (Lipinski definition) is 2. The molecular weight excluding hydrogens is 514 g/mol. The van der Waals surface area contributed by atoms with Gasteiger partial charge in [-0.05, 0) is 55.3 Å². The van der Waals surface area contributed by atoms with E-state index in [9.17, 15) is 9.59 Å². The largest absolute Gasteiger partial charge is 0.493 e. The summed E-state index contributed by atoms with van der Waals surface area (Å²) in [7, 11) is 4.44. The molecule has 2 N–H and O–H groups in total. The number of methoxy groups -OCH3 is 3. The van der Waals surface area contributed by atoms with Crippen LogP contribution in [0, 0.1) is 13.8 Å². The van der Waals surface area contributed by atoms with Crippen LogP contribution in [-0.4, -0.2) is 38.2 Å². The summed E-state index contributed by atoms with van der Waals surface area (Å²) in [5.41, 5.74) is 7.11. The molecule has 2 amide bonds. The minimum absolute atomic E-state index is 0.242. The van der Waals surface area contributed by atoms with Crippen LogP contribution in [0.15, 0.2) is 53.0 Å². The maximum absolute atomic E-state index is 13.6. The number of halogens is 1. The highest BCUT2D eigenvalue weighted by molar-refractivity contribution is 9.10. The predicted octanol–water partition coefficient (Wildman–Crippen LogP) is 5.00.